The summed E-state index contributed by atoms with van der Waals surface area (Å²) in [6.07, 6.45) is 2.75. The van der Waals surface area contributed by atoms with Gasteiger partial charge in [0.05, 0.1) is 5.54 Å². The highest BCUT2D eigenvalue weighted by molar-refractivity contribution is 5.96. The van der Waals surface area contributed by atoms with Gasteiger partial charge in [0.25, 0.3) is 5.91 Å². The molecule has 1 unspecified atom stereocenters. The van der Waals surface area contributed by atoms with E-state index in [2.05, 4.69) is 5.32 Å². The second-order valence-corrected chi connectivity index (χ2v) is 7.48. The Morgan fingerprint density at radius 1 is 1.21 bits per heavy atom. The van der Waals surface area contributed by atoms with Crippen LogP contribution in [0.5, 0.6) is 0 Å². The maximum Gasteiger partial charge on any atom is 0.287 e. The van der Waals surface area contributed by atoms with Gasteiger partial charge < -0.3 is 25.1 Å². The number of amides is 2. The minimum atomic E-state index is -0.844. The van der Waals surface area contributed by atoms with Crippen molar-refractivity contribution in [3.05, 3.63) is 36.1 Å². The highest BCUT2D eigenvalue weighted by Gasteiger charge is 2.40. The zero-order valence-electron chi connectivity index (χ0n) is 15.7. The summed E-state index contributed by atoms with van der Waals surface area (Å²) in [4.78, 5) is 27.3. The van der Waals surface area contributed by atoms with Gasteiger partial charge in [-0.2, -0.15) is 0 Å². The number of carbonyl (C=O) groups is 2. The van der Waals surface area contributed by atoms with Crippen LogP contribution in [-0.2, 0) is 9.53 Å². The van der Waals surface area contributed by atoms with Gasteiger partial charge in [0, 0.05) is 37.7 Å². The summed E-state index contributed by atoms with van der Waals surface area (Å²) < 4.78 is 11.0. The van der Waals surface area contributed by atoms with Gasteiger partial charge in [0.1, 0.15) is 5.58 Å². The summed E-state index contributed by atoms with van der Waals surface area (Å²) in [5.41, 5.74) is 6.18. The molecule has 152 valence electrons. The van der Waals surface area contributed by atoms with Crippen molar-refractivity contribution in [2.24, 2.45) is 5.73 Å². The number of para-hydroxylation sites is 1. The molecule has 0 saturated carbocycles. The molecule has 2 aliphatic rings. The van der Waals surface area contributed by atoms with E-state index in [4.69, 9.17) is 14.9 Å². The number of nitrogens with two attached hydrogens (primary N) is 1. The Hall–Kier alpha value is -2.09. The van der Waals surface area contributed by atoms with E-state index in [-0.39, 0.29) is 30.3 Å². The molecule has 8 heteroatoms. The number of halogens is 1. The fourth-order valence-corrected chi connectivity index (χ4v) is 3.89. The van der Waals surface area contributed by atoms with Crippen molar-refractivity contribution in [3.8, 4) is 0 Å². The monoisotopic (exact) mass is 407 g/mol. The topological polar surface area (TPSA) is 97.8 Å². The van der Waals surface area contributed by atoms with E-state index in [1.807, 2.05) is 24.3 Å². The quantitative estimate of drug-likeness (QED) is 0.811. The number of ether oxygens (including phenoxy) is 1. The van der Waals surface area contributed by atoms with Crippen LogP contribution < -0.4 is 11.1 Å². The number of hydrogen-bond acceptors (Lipinski definition) is 5. The number of hydrogen-bond donors (Lipinski definition) is 2. The molecule has 7 nitrogen and oxygen atoms in total. The molecular weight excluding hydrogens is 382 g/mol. The molecule has 2 amide bonds. The van der Waals surface area contributed by atoms with Gasteiger partial charge in [0.15, 0.2) is 5.76 Å². The SMILES string of the molecule is Cl.NC1(C(=O)N2CCCC(NC(=O)c3cc4ccccc4o3)C2)CCOCC1. The lowest BCUT2D eigenvalue weighted by Gasteiger charge is -2.40. The maximum atomic E-state index is 12.9. The summed E-state index contributed by atoms with van der Waals surface area (Å²) in [7, 11) is 0. The predicted octanol–water partition coefficient (Wildman–Crippen LogP) is 2.08. The van der Waals surface area contributed by atoms with Gasteiger partial charge in [-0.25, -0.2) is 0 Å². The first-order valence-corrected chi connectivity index (χ1v) is 9.51. The zero-order chi connectivity index (χ0) is 18.9. The number of piperidine rings is 1. The fraction of sp³-hybridized carbons (Fsp3) is 0.500. The molecule has 2 aliphatic heterocycles. The minimum absolute atomic E-state index is 0. The van der Waals surface area contributed by atoms with Crippen LogP contribution in [0.15, 0.2) is 34.7 Å². The Morgan fingerprint density at radius 2 is 1.96 bits per heavy atom. The second kappa shape index (κ2) is 8.51. The summed E-state index contributed by atoms with van der Waals surface area (Å²) >= 11 is 0. The Labute approximate surface area is 170 Å². The normalized spacial score (nSPS) is 21.8. The van der Waals surface area contributed by atoms with Crippen LogP contribution in [0.2, 0.25) is 0 Å². The molecule has 0 radical (unpaired) electrons. The van der Waals surface area contributed by atoms with E-state index < -0.39 is 5.54 Å². The van der Waals surface area contributed by atoms with Crippen LogP contribution in [0.25, 0.3) is 11.0 Å². The number of nitrogens with one attached hydrogen (secondary N) is 1. The van der Waals surface area contributed by atoms with E-state index in [1.165, 1.54) is 0 Å². The molecule has 2 aromatic rings. The Kier molecular flexibility index (Phi) is 6.27. The van der Waals surface area contributed by atoms with Crippen LogP contribution in [0.3, 0.4) is 0 Å². The van der Waals surface area contributed by atoms with Crippen LogP contribution >= 0.6 is 12.4 Å². The van der Waals surface area contributed by atoms with Crippen LogP contribution in [0, 0.1) is 0 Å². The Balaban J connectivity index is 0.00000225. The van der Waals surface area contributed by atoms with Gasteiger partial charge in [0.2, 0.25) is 5.91 Å². The van der Waals surface area contributed by atoms with Gasteiger partial charge in [-0.15, -0.1) is 12.4 Å². The average Bonchev–Trinajstić information content (AvgIpc) is 3.13. The number of fused-ring (bicyclic) bond motifs is 1. The van der Waals surface area contributed by atoms with Crippen molar-refractivity contribution in [2.45, 2.75) is 37.3 Å². The zero-order valence-corrected chi connectivity index (χ0v) is 16.5. The number of nitrogens with zero attached hydrogens (tertiary/aromatic N) is 1. The summed E-state index contributed by atoms with van der Waals surface area (Å²) in [5.74, 6) is 0.00638. The van der Waals surface area contributed by atoms with E-state index >= 15 is 0 Å². The van der Waals surface area contributed by atoms with Crippen molar-refractivity contribution in [3.63, 3.8) is 0 Å². The van der Waals surface area contributed by atoms with Crippen LogP contribution in [-0.4, -0.2) is 54.6 Å². The largest absolute Gasteiger partial charge is 0.451 e. The molecule has 2 fully saturated rings. The van der Waals surface area contributed by atoms with E-state index in [9.17, 15) is 9.59 Å². The van der Waals surface area contributed by atoms with Crippen LogP contribution in [0.1, 0.15) is 36.2 Å². The third kappa shape index (κ3) is 4.16. The summed E-state index contributed by atoms with van der Waals surface area (Å²) in [6.45, 7) is 2.19. The molecule has 0 aliphatic carbocycles. The van der Waals surface area contributed by atoms with Crippen molar-refractivity contribution in [2.75, 3.05) is 26.3 Å². The lowest BCUT2D eigenvalue weighted by Crippen LogP contribution is -2.61. The fourth-order valence-electron chi connectivity index (χ4n) is 3.89. The predicted molar refractivity (Wildman–Crippen MR) is 108 cm³/mol. The first-order chi connectivity index (χ1) is 13.0. The minimum Gasteiger partial charge on any atom is -0.451 e. The third-order valence-corrected chi connectivity index (χ3v) is 5.50. The summed E-state index contributed by atoms with van der Waals surface area (Å²) in [6, 6.07) is 9.16. The van der Waals surface area contributed by atoms with E-state index in [0.717, 1.165) is 18.2 Å². The molecule has 1 aromatic carbocycles. The summed E-state index contributed by atoms with van der Waals surface area (Å²) in [5, 5.41) is 3.90. The molecule has 4 rings (SSSR count). The lowest BCUT2D eigenvalue weighted by molar-refractivity contribution is -0.141. The molecule has 0 spiro atoms. The van der Waals surface area contributed by atoms with E-state index in [0.29, 0.717) is 50.5 Å². The first kappa shape index (κ1) is 20.6. The average molecular weight is 408 g/mol. The Morgan fingerprint density at radius 3 is 2.71 bits per heavy atom. The number of carbonyl (C=O) groups excluding carboxylic acids is 2. The molecule has 2 saturated heterocycles. The maximum absolute atomic E-state index is 12.9. The van der Waals surface area contributed by atoms with Crippen molar-refractivity contribution in [1.82, 2.24) is 10.2 Å². The standard InChI is InChI=1S/C20H25N3O4.ClH/c21-20(7-10-26-11-8-20)19(25)23-9-3-5-15(13-23)22-18(24)17-12-14-4-1-2-6-16(14)27-17;/h1-2,4,6,12,15H,3,5,7-11,13,21H2,(H,22,24);1H. The van der Waals surface area contributed by atoms with Crippen molar-refractivity contribution < 1.29 is 18.7 Å². The first-order valence-electron chi connectivity index (χ1n) is 9.51. The van der Waals surface area contributed by atoms with Gasteiger partial charge in [-0.05, 0) is 37.8 Å². The van der Waals surface area contributed by atoms with Gasteiger partial charge >= 0.3 is 0 Å². The smallest absolute Gasteiger partial charge is 0.287 e. The van der Waals surface area contributed by atoms with Crippen molar-refractivity contribution in [1.29, 1.82) is 0 Å². The number of benzene rings is 1. The van der Waals surface area contributed by atoms with Crippen molar-refractivity contribution >= 4 is 35.2 Å². The molecule has 1 aromatic heterocycles. The van der Waals surface area contributed by atoms with Gasteiger partial charge in [-0.3, -0.25) is 9.59 Å². The molecule has 1 atom stereocenters. The highest BCUT2D eigenvalue weighted by Crippen LogP contribution is 2.23. The highest BCUT2D eigenvalue weighted by atomic mass is 35.5. The molecule has 0 bridgehead atoms. The number of rotatable bonds is 3. The second-order valence-electron chi connectivity index (χ2n) is 7.48. The number of likely N-dealkylation sites (tertiary alicyclic amines) is 1. The number of furan rings is 1. The molecular formula is C20H26ClN3O4. The Bertz CT molecular complexity index is 814. The lowest BCUT2D eigenvalue weighted by atomic mass is 9.88. The molecule has 3 heterocycles. The third-order valence-electron chi connectivity index (χ3n) is 5.50. The molecule has 3 N–H and O–H groups in total. The van der Waals surface area contributed by atoms with Crippen LogP contribution in [0.4, 0.5) is 0 Å². The molecule has 28 heavy (non-hydrogen) atoms. The van der Waals surface area contributed by atoms with Gasteiger partial charge in [-0.1, -0.05) is 18.2 Å². The van der Waals surface area contributed by atoms with E-state index in [1.54, 1.807) is 11.0 Å².